The Hall–Kier alpha value is -4.09. The SMILES string of the molecule is Cc1c(C=C(C#N)C(=O)Nc2nccs2)c2ccccn2c1C(=O)c1ccc(F)cc1. The van der Waals surface area contributed by atoms with Crippen LogP contribution < -0.4 is 5.32 Å². The molecule has 1 aromatic carbocycles. The molecule has 152 valence electrons. The number of carbonyl (C=O) groups excluding carboxylic acids is 2. The van der Waals surface area contributed by atoms with E-state index in [1.165, 1.54) is 41.7 Å². The molecule has 8 heteroatoms. The summed E-state index contributed by atoms with van der Waals surface area (Å²) in [5.74, 6) is -1.30. The quantitative estimate of drug-likeness (QED) is 0.284. The molecule has 31 heavy (non-hydrogen) atoms. The Morgan fingerprint density at radius 2 is 2.00 bits per heavy atom. The van der Waals surface area contributed by atoms with Crippen LogP contribution in [0.15, 0.2) is 65.8 Å². The minimum Gasteiger partial charge on any atom is -0.313 e. The maximum Gasteiger partial charge on any atom is 0.268 e. The first-order valence-electron chi connectivity index (χ1n) is 9.22. The molecule has 1 N–H and O–H groups in total. The third kappa shape index (κ3) is 3.86. The van der Waals surface area contributed by atoms with Crippen molar-refractivity contribution in [1.29, 1.82) is 5.26 Å². The predicted octanol–water partition coefficient (Wildman–Crippen LogP) is 4.62. The first kappa shape index (κ1) is 20.2. The van der Waals surface area contributed by atoms with Crippen LogP contribution in [0.1, 0.15) is 27.2 Å². The fourth-order valence-electron chi connectivity index (χ4n) is 3.30. The highest BCUT2D eigenvalue weighted by molar-refractivity contribution is 7.13. The molecule has 0 bridgehead atoms. The monoisotopic (exact) mass is 430 g/mol. The zero-order valence-corrected chi connectivity index (χ0v) is 17.1. The van der Waals surface area contributed by atoms with E-state index < -0.39 is 11.7 Å². The lowest BCUT2D eigenvalue weighted by Gasteiger charge is -2.04. The number of halogens is 1. The summed E-state index contributed by atoms with van der Waals surface area (Å²) in [4.78, 5) is 29.7. The van der Waals surface area contributed by atoms with Crippen LogP contribution in [0, 0.1) is 24.1 Å². The summed E-state index contributed by atoms with van der Waals surface area (Å²) >= 11 is 1.24. The molecule has 3 heterocycles. The number of hydrogen-bond acceptors (Lipinski definition) is 5. The average Bonchev–Trinajstić information content (AvgIpc) is 3.37. The van der Waals surface area contributed by atoms with E-state index in [-0.39, 0.29) is 11.4 Å². The number of rotatable bonds is 5. The van der Waals surface area contributed by atoms with Gasteiger partial charge in [-0.05, 0) is 55.0 Å². The molecule has 4 rings (SSSR count). The number of fused-ring (bicyclic) bond motifs is 1. The standard InChI is InChI=1S/C23H15FN4O2S/c1-14-18(12-16(13-25)22(30)27-23-26-9-11-31-23)19-4-2-3-10-28(19)20(14)21(29)15-5-7-17(24)8-6-15/h2-12H,1H3,(H,26,27,30). The number of hydrogen-bond donors (Lipinski definition) is 1. The van der Waals surface area contributed by atoms with E-state index in [1.807, 2.05) is 6.07 Å². The number of nitriles is 1. The number of thiazole rings is 1. The highest BCUT2D eigenvalue weighted by atomic mass is 32.1. The molecule has 0 fully saturated rings. The summed E-state index contributed by atoms with van der Waals surface area (Å²) in [6.07, 6.45) is 4.75. The Bertz CT molecular complexity index is 1360. The largest absolute Gasteiger partial charge is 0.313 e. The molecule has 0 aliphatic heterocycles. The Kier molecular flexibility index (Phi) is 5.43. The molecule has 0 saturated carbocycles. The van der Waals surface area contributed by atoms with Gasteiger partial charge in [-0.1, -0.05) is 6.07 Å². The van der Waals surface area contributed by atoms with Gasteiger partial charge < -0.3 is 4.40 Å². The molecular weight excluding hydrogens is 415 g/mol. The van der Waals surface area contributed by atoms with Gasteiger partial charge in [0.2, 0.25) is 5.78 Å². The number of amides is 1. The second-order valence-electron chi connectivity index (χ2n) is 6.64. The van der Waals surface area contributed by atoms with E-state index in [1.54, 1.807) is 47.3 Å². The predicted molar refractivity (Wildman–Crippen MR) is 116 cm³/mol. The lowest BCUT2D eigenvalue weighted by atomic mass is 10.0. The van der Waals surface area contributed by atoms with E-state index in [4.69, 9.17) is 0 Å². The number of nitrogens with zero attached hydrogens (tertiary/aromatic N) is 3. The van der Waals surface area contributed by atoms with Crippen LogP contribution in [0.5, 0.6) is 0 Å². The van der Waals surface area contributed by atoms with Gasteiger partial charge in [-0.2, -0.15) is 5.26 Å². The van der Waals surface area contributed by atoms with Gasteiger partial charge in [0.1, 0.15) is 17.5 Å². The van der Waals surface area contributed by atoms with Crippen molar-refractivity contribution in [1.82, 2.24) is 9.38 Å². The Labute approximate surface area is 180 Å². The number of benzene rings is 1. The van der Waals surface area contributed by atoms with Crippen molar-refractivity contribution in [3.63, 3.8) is 0 Å². The Morgan fingerprint density at radius 3 is 2.68 bits per heavy atom. The second kappa shape index (κ2) is 8.34. The fourth-order valence-corrected chi connectivity index (χ4v) is 3.82. The average molecular weight is 430 g/mol. The van der Waals surface area contributed by atoms with Crippen molar-refractivity contribution >= 4 is 39.8 Å². The molecule has 0 aliphatic carbocycles. The molecule has 1 amide bonds. The minimum atomic E-state index is -0.585. The topological polar surface area (TPSA) is 87.3 Å². The van der Waals surface area contributed by atoms with Crippen molar-refractivity contribution in [2.45, 2.75) is 6.92 Å². The normalized spacial score (nSPS) is 11.3. The maximum absolute atomic E-state index is 13.3. The van der Waals surface area contributed by atoms with Crippen molar-refractivity contribution in [2.75, 3.05) is 5.32 Å². The van der Waals surface area contributed by atoms with Crippen molar-refractivity contribution in [3.8, 4) is 6.07 Å². The van der Waals surface area contributed by atoms with Crippen LogP contribution in [-0.2, 0) is 4.79 Å². The van der Waals surface area contributed by atoms with E-state index in [2.05, 4.69) is 10.3 Å². The van der Waals surface area contributed by atoms with Gasteiger partial charge >= 0.3 is 0 Å². The molecular formula is C23H15FN4O2S. The van der Waals surface area contributed by atoms with Gasteiger partial charge in [0.05, 0.1) is 11.2 Å². The smallest absolute Gasteiger partial charge is 0.268 e. The van der Waals surface area contributed by atoms with Crippen LogP contribution in [0.25, 0.3) is 11.6 Å². The molecule has 0 atom stereocenters. The number of ketones is 1. The third-order valence-electron chi connectivity index (χ3n) is 4.76. The van der Waals surface area contributed by atoms with Crippen LogP contribution >= 0.6 is 11.3 Å². The second-order valence-corrected chi connectivity index (χ2v) is 7.53. The van der Waals surface area contributed by atoms with Crippen LogP contribution in [0.2, 0.25) is 0 Å². The van der Waals surface area contributed by atoms with E-state index in [0.717, 1.165) is 0 Å². The summed E-state index contributed by atoms with van der Waals surface area (Å²) in [5, 5.41) is 14.3. The third-order valence-corrected chi connectivity index (χ3v) is 5.45. The zero-order valence-electron chi connectivity index (χ0n) is 16.3. The molecule has 0 radical (unpaired) electrons. The van der Waals surface area contributed by atoms with Gasteiger partial charge in [-0.15, -0.1) is 11.3 Å². The van der Waals surface area contributed by atoms with Crippen LogP contribution in [-0.4, -0.2) is 21.1 Å². The summed E-state index contributed by atoms with van der Waals surface area (Å²) in [6, 6.07) is 12.6. The van der Waals surface area contributed by atoms with Crippen molar-refractivity contribution < 1.29 is 14.0 Å². The van der Waals surface area contributed by atoms with Crippen molar-refractivity contribution in [2.24, 2.45) is 0 Å². The molecule has 0 saturated heterocycles. The minimum absolute atomic E-state index is 0.115. The molecule has 3 aromatic heterocycles. The number of aromatic nitrogens is 2. The first-order chi connectivity index (χ1) is 15.0. The summed E-state index contributed by atoms with van der Waals surface area (Å²) in [6.45, 7) is 1.75. The van der Waals surface area contributed by atoms with Gasteiger partial charge in [0, 0.05) is 28.9 Å². The van der Waals surface area contributed by atoms with Gasteiger partial charge in [-0.25, -0.2) is 9.37 Å². The van der Waals surface area contributed by atoms with Gasteiger partial charge in [-0.3, -0.25) is 14.9 Å². The zero-order chi connectivity index (χ0) is 22.0. The van der Waals surface area contributed by atoms with Crippen molar-refractivity contribution in [3.05, 3.63) is 94.0 Å². The fraction of sp³-hybridized carbons (Fsp3) is 0.0435. The summed E-state index contributed by atoms with van der Waals surface area (Å²) < 4.78 is 15.0. The van der Waals surface area contributed by atoms with Crippen LogP contribution in [0.3, 0.4) is 0 Å². The Balaban J connectivity index is 1.82. The molecule has 6 nitrogen and oxygen atoms in total. The highest BCUT2D eigenvalue weighted by Gasteiger charge is 2.22. The first-order valence-corrected chi connectivity index (χ1v) is 10.1. The Morgan fingerprint density at radius 1 is 1.23 bits per heavy atom. The van der Waals surface area contributed by atoms with E-state index in [9.17, 15) is 19.2 Å². The number of pyridine rings is 1. The maximum atomic E-state index is 13.3. The molecule has 0 aliphatic rings. The van der Waals surface area contributed by atoms with Gasteiger partial charge in [0.15, 0.2) is 5.13 Å². The molecule has 0 unspecified atom stereocenters. The van der Waals surface area contributed by atoms with Crippen LogP contribution in [0.4, 0.5) is 9.52 Å². The molecule has 0 spiro atoms. The van der Waals surface area contributed by atoms with Gasteiger partial charge in [0.25, 0.3) is 5.91 Å². The number of carbonyl (C=O) groups is 2. The summed E-state index contributed by atoms with van der Waals surface area (Å²) in [7, 11) is 0. The lowest BCUT2D eigenvalue weighted by molar-refractivity contribution is -0.112. The van der Waals surface area contributed by atoms with E-state index >= 15 is 0 Å². The summed E-state index contributed by atoms with van der Waals surface area (Å²) in [5.41, 5.74) is 2.46. The number of nitrogens with one attached hydrogen (secondary N) is 1. The number of anilines is 1. The lowest BCUT2D eigenvalue weighted by Crippen LogP contribution is -2.13. The highest BCUT2D eigenvalue weighted by Crippen LogP contribution is 2.28. The van der Waals surface area contributed by atoms with E-state index in [0.29, 0.717) is 33.0 Å². The molecule has 4 aromatic rings.